The van der Waals surface area contributed by atoms with Crippen molar-refractivity contribution in [2.24, 2.45) is 0 Å². The number of nitrogens with two attached hydrogens (primary N) is 1. The first kappa shape index (κ1) is 8.49. The van der Waals surface area contributed by atoms with E-state index in [9.17, 15) is 0 Å². The lowest BCUT2D eigenvalue weighted by atomic mass is 10.2. The Morgan fingerprint density at radius 3 is 3.13 bits per heavy atom. The zero-order valence-corrected chi connectivity index (χ0v) is 8.76. The maximum atomic E-state index is 5.86. The molecule has 0 fully saturated rings. The Kier molecular flexibility index (Phi) is 1.60. The van der Waals surface area contributed by atoms with Gasteiger partial charge in [-0.3, -0.25) is 5.10 Å². The summed E-state index contributed by atoms with van der Waals surface area (Å²) in [6, 6.07) is 0. The van der Waals surface area contributed by atoms with E-state index in [0.29, 0.717) is 11.3 Å². The van der Waals surface area contributed by atoms with E-state index in [4.69, 9.17) is 10.3 Å². The molecule has 6 heteroatoms. The van der Waals surface area contributed by atoms with Crippen LogP contribution in [0, 0.1) is 6.92 Å². The van der Waals surface area contributed by atoms with Crippen molar-refractivity contribution in [3.05, 3.63) is 17.3 Å². The second-order valence-electron chi connectivity index (χ2n) is 3.25. The molecule has 0 unspecified atom stereocenters. The summed E-state index contributed by atoms with van der Waals surface area (Å²) in [5.41, 5.74) is 8.92. The van der Waals surface area contributed by atoms with Crippen LogP contribution in [0.2, 0.25) is 0 Å². The van der Waals surface area contributed by atoms with E-state index in [1.165, 1.54) is 0 Å². The second kappa shape index (κ2) is 2.83. The topological polar surface area (TPSA) is 80.7 Å². The van der Waals surface area contributed by atoms with Gasteiger partial charge < -0.3 is 10.3 Å². The van der Waals surface area contributed by atoms with E-state index in [1.54, 1.807) is 23.7 Å². The fourth-order valence-electron chi connectivity index (χ4n) is 1.48. The van der Waals surface area contributed by atoms with Crippen LogP contribution in [0.4, 0.5) is 5.69 Å². The fraction of sp³-hybridized carbons (Fsp3) is 0.111. The van der Waals surface area contributed by atoms with Gasteiger partial charge in [0, 0.05) is 16.6 Å². The van der Waals surface area contributed by atoms with Gasteiger partial charge in [0.1, 0.15) is 10.4 Å². The van der Waals surface area contributed by atoms with Gasteiger partial charge in [0.25, 0.3) is 0 Å². The molecule has 15 heavy (non-hydrogen) atoms. The molecule has 0 atom stereocenters. The highest BCUT2D eigenvalue weighted by Gasteiger charge is 2.17. The molecule has 3 heterocycles. The Labute approximate surface area is 88.9 Å². The molecule has 3 rings (SSSR count). The first-order valence-electron chi connectivity index (χ1n) is 4.41. The maximum absolute atomic E-state index is 5.86. The van der Waals surface area contributed by atoms with Crippen molar-refractivity contribution in [3.8, 4) is 11.3 Å². The van der Waals surface area contributed by atoms with Crippen molar-refractivity contribution in [2.45, 2.75) is 6.92 Å². The molecule has 0 aromatic carbocycles. The van der Waals surface area contributed by atoms with Crippen molar-refractivity contribution < 1.29 is 4.52 Å². The van der Waals surface area contributed by atoms with Crippen molar-refractivity contribution in [1.82, 2.24) is 15.4 Å². The highest BCUT2D eigenvalue weighted by molar-refractivity contribution is 7.20. The number of nitrogen functional groups attached to an aromatic ring is 1. The first-order chi connectivity index (χ1) is 7.27. The summed E-state index contributed by atoms with van der Waals surface area (Å²) in [6.45, 7) is 1.97. The number of anilines is 1. The number of H-pyrrole nitrogens is 1. The minimum absolute atomic E-state index is 0.675. The summed E-state index contributed by atoms with van der Waals surface area (Å²) in [5.74, 6) is 0. The number of nitrogens with one attached hydrogen (secondary N) is 1. The average molecular weight is 220 g/mol. The molecular formula is C9H8N4OS. The maximum Gasteiger partial charge on any atom is 0.201 e. The lowest BCUT2D eigenvalue weighted by molar-refractivity contribution is 0.460. The number of thiophene rings is 1. The lowest BCUT2D eigenvalue weighted by Crippen LogP contribution is -1.81. The average Bonchev–Trinajstić information content (AvgIpc) is 2.87. The standard InChI is InChI=1S/C9H8N4OS/c1-4-6(10)8-9(15-4)7(13-14-8)5-2-11-12-3-5/h2-3H,10H2,1H3,(H,11,12). The van der Waals surface area contributed by atoms with E-state index >= 15 is 0 Å². The Balaban J connectivity index is 2.33. The van der Waals surface area contributed by atoms with Crippen LogP contribution in [0.3, 0.4) is 0 Å². The quantitative estimate of drug-likeness (QED) is 0.658. The zero-order valence-electron chi connectivity index (χ0n) is 7.94. The predicted octanol–water partition coefficient (Wildman–Crippen LogP) is 2.17. The van der Waals surface area contributed by atoms with Gasteiger partial charge >= 0.3 is 0 Å². The molecule has 0 aliphatic heterocycles. The Bertz CT molecular complexity index is 607. The smallest absolute Gasteiger partial charge is 0.201 e. The minimum atomic E-state index is 0.675. The number of rotatable bonds is 1. The van der Waals surface area contributed by atoms with Crippen LogP contribution in [0.5, 0.6) is 0 Å². The molecule has 3 aromatic rings. The molecule has 0 radical (unpaired) electrons. The normalized spacial score (nSPS) is 11.3. The zero-order chi connectivity index (χ0) is 10.4. The lowest BCUT2D eigenvalue weighted by Gasteiger charge is -1.85. The summed E-state index contributed by atoms with van der Waals surface area (Å²) >= 11 is 1.59. The summed E-state index contributed by atoms with van der Waals surface area (Å²) < 4.78 is 6.20. The highest BCUT2D eigenvalue weighted by atomic mass is 32.1. The van der Waals surface area contributed by atoms with Crippen molar-refractivity contribution in [1.29, 1.82) is 0 Å². The molecule has 3 aromatic heterocycles. The molecule has 0 aliphatic carbocycles. The van der Waals surface area contributed by atoms with Gasteiger partial charge in [-0.15, -0.1) is 11.3 Å². The molecule has 0 amide bonds. The second-order valence-corrected chi connectivity index (χ2v) is 4.47. The van der Waals surface area contributed by atoms with Crippen molar-refractivity contribution >= 4 is 27.3 Å². The van der Waals surface area contributed by atoms with Gasteiger partial charge in [0.05, 0.1) is 11.9 Å². The molecule has 0 saturated heterocycles. The van der Waals surface area contributed by atoms with Crippen LogP contribution in [0.15, 0.2) is 16.9 Å². The van der Waals surface area contributed by atoms with Gasteiger partial charge in [-0.2, -0.15) is 5.10 Å². The highest BCUT2D eigenvalue weighted by Crippen LogP contribution is 2.38. The van der Waals surface area contributed by atoms with Gasteiger partial charge in [0.2, 0.25) is 5.58 Å². The number of aromatic nitrogens is 3. The van der Waals surface area contributed by atoms with E-state index in [-0.39, 0.29) is 0 Å². The summed E-state index contributed by atoms with van der Waals surface area (Å²) in [6.07, 6.45) is 3.49. The monoisotopic (exact) mass is 220 g/mol. The number of hydrogen-bond donors (Lipinski definition) is 2. The van der Waals surface area contributed by atoms with Gasteiger partial charge in [-0.05, 0) is 6.92 Å². The number of nitrogens with zero attached hydrogens (tertiary/aromatic N) is 2. The molecular weight excluding hydrogens is 212 g/mol. The molecule has 0 bridgehead atoms. The summed E-state index contributed by atoms with van der Waals surface area (Å²) in [4.78, 5) is 1.05. The largest absolute Gasteiger partial charge is 0.395 e. The molecule has 76 valence electrons. The predicted molar refractivity (Wildman–Crippen MR) is 58.6 cm³/mol. The third-order valence-electron chi connectivity index (χ3n) is 2.30. The molecule has 0 saturated carbocycles. The van der Waals surface area contributed by atoms with Crippen LogP contribution in [0.25, 0.3) is 21.5 Å². The van der Waals surface area contributed by atoms with Crippen LogP contribution < -0.4 is 5.73 Å². The summed E-state index contributed by atoms with van der Waals surface area (Å²) in [5, 5.41) is 10.6. The van der Waals surface area contributed by atoms with Gasteiger partial charge in [0.15, 0.2) is 0 Å². The Morgan fingerprint density at radius 2 is 2.40 bits per heavy atom. The van der Waals surface area contributed by atoms with Gasteiger partial charge in [-0.1, -0.05) is 5.16 Å². The van der Waals surface area contributed by atoms with Crippen LogP contribution in [0.1, 0.15) is 4.88 Å². The number of hydrogen-bond acceptors (Lipinski definition) is 5. The molecule has 0 spiro atoms. The van der Waals surface area contributed by atoms with E-state index in [2.05, 4.69) is 15.4 Å². The third-order valence-corrected chi connectivity index (χ3v) is 3.41. The van der Waals surface area contributed by atoms with Crippen molar-refractivity contribution in [2.75, 3.05) is 5.73 Å². The van der Waals surface area contributed by atoms with Gasteiger partial charge in [-0.25, -0.2) is 0 Å². The third kappa shape index (κ3) is 1.08. The van der Waals surface area contributed by atoms with Crippen LogP contribution in [-0.4, -0.2) is 15.4 Å². The number of aryl methyl sites for hydroxylation is 1. The molecule has 5 nitrogen and oxygen atoms in total. The number of fused-ring (bicyclic) bond motifs is 1. The van der Waals surface area contributed by atoms with Crippen LogP contribution >= 0.6 is 11.3 Å². The molecule has 3 N–H and O–H groups in total. The molecule has 0 aliphatic rings. The van der Waals surface area contributed by atoms with Crippen molar-refractivity contribution in [3.63, 3.8) is 0 Å². The van der Waals surface area contributed by atoms with Crippen LogP contribution in [-0.2, 0) is 0 Å². The summed E-state index contributed by atoms with van der Waals surface area (Å²) in [7, 11) is 0. The first-order valence-corrected chi connectivity index (χ1v) is 5.22. The van der Waals surface area contributed by atoms with E-state index in [1.807, 2.05) is 6.92 Å². The SMILES string of the molecule is Cc1sc2c(-c3cn[nH]c3)noc2c1N. The van der Waals surface area contributed by atoms with E-state index < -0.39 is 0 Å². The fourth-order valence-corrected chi connectivity index (χ4v) is 2.48. The number of aromatic amines is 1. The Hall–Kier alpha value is -1.82. The Morgan fingerprint density at radius 1 is 1.53 bits per heavy atom. The minimum Gasteiger partial charge on any atom is -0.395 e. The van der Waals surface area contributed by atoms with E-state index in [0.717, 1.165) is 20.8 Å².